The quantitative estimate of drug-likeness (QED) is 0.903. The van der Waals surface area contributed by atoms with Gasteiger partial charge in [0.25, 0.3) is 0 Å². The Morgan fingerprint density at radius 3 is 1.74 bits per heavy atom. The Morgan fingerprint density at radius 2 is 1.37 bits per heavy atom. The minimum atomic E-state index is 0. The normalized spacial score (nSPS) is 8.05. The summed E-state index contributed by atoms with van der Waals surface area (Å²) in [7, 11) is 0. The Bertz CT molecular complexity index is 410. The third kappa shape index (κ3) is 8.77. The molecule has 19 heavy (non-hydrogen) atoms. The van der Waals surface area contributed by atoms with Crippen LogP contribution in [-0.4, -0.2) is 17.2 Å². The van der Waals surface area contributed by atoms with Crippen molar-refractivity contribution in [2.75, 3.05) is 6.61 Å². The number of hydrogen-bond acceptors (Lipinski definition) is 1. The van der Waals surface area contributed by atoms with Gasteiger partial charge in [-0.1, -0.05) is 80.7 Å². The molecule has 0 saturated carbocycles. The first-order chi connectivity index (χ1) is 8.36. The van der Waals surface area contributed by atoms with Gasteiger partial charge >= 0.3 is 0 Å². The highest BCUT2D eigenvalue weighted by atomic mass is 16.2. The van der Waals surface area contributed by atoms with E-state index in [1.807, 2.05) is 66.7 Å². The van der Waals surface area contributed by atoms with Crippen LogP contribution in [0.15, 0.2) is 67.2 Å². The fourth-order valence-corrected chi connectivity index (χ4v) is 1.36. The Morgan fingerprint density at radius 1 is 0.895 bits per heavy atom. The van der Waals surface area contributed by atoms with Crippen LogP contribution >= 0.6 is 0 Å². The summed E-state index contributed by atoms with van der Waals surface area (Å²) in [6, 6.07) is 20.0. The molecule has 104 valence electrons. The van der Waals surface area contributed by atoms with E-state index in [1.165, 1.54) is 11.1 Å². The van der Waals surface area contributed by atoms with Crippen molar-refractivity contribution in [2.24, 2.45) is 0 Å². The number of benzene rings is 2. The van der Waals surface area contributed by atoms with Crippen molar-refractivity contribution >= 4 is 6.08 Å². The van der Waals surface area contributed by atoms with E-state index in [2.05, 4.69) is 6.58 Å². The Labute approximate surface area is 116 Å². The zero-order valence-electron chi connectivity index (χ0n) is 10.4. The maximum Gasteiger partial charge on any atom is 0.0471 e. The standard InChI is InChI=1S/C8H10O.C8H8.CH4.H2O/c9-7-6-8-4-2-1-3-5-8;1-2-8-6-4-3-5-7-8;;/h1-5,9H,6-7H2;2-7H,1H2;1H4;1H2. The van der Waals surface area contributed by atoms with E-state index in [0.29, 0.717) is 0 Å². The van der Waals surface area contributed by atoms with Crippen LogP contribution in [0.5, 0.6) is 0 Å². The molecule has 0 amide bonds. The topological polar surface area (TPSA) is 51.7 Å². The number of aliphatic hydroxyl groups excluding tert-OH is 1. The number of hydrogen-bond donors (Lipinski definition) is 1. The predicted octanol–water partition coefficient (Wildman–Crippen LogP) is 3.36. The van der Waals surface area contributed by atoms with Gasteiger partial charge in [0.15, 0.2) is 0 Å². The SMILES string of the molecule is C.C=Cc1ccccc1.O.OCCc1ccccc1. The van der Waals surface area contributed by atoms with E-state index in [-0.39, 0.29) is 19.5 Å². The van der Waals surface area contributed by atoms with Gasteiger partial charge < -0.3 is 10.6 Å². The lowest BCUT2D eigenvalue weighted by molar-refractivity contribution is 0.299. The lowest BCUT2D eigenvalue weighted by atomic mass is 10.2. The first kappa shape index (κ1) is 19.4. The highest BCUT2D eigenvalue weighted by Gasteiger charge is 1.85. The van der Waals surface area contributed by atoms with E-state index < -0.39 is 0 Å². The van der Waals surface area contributed by atoms with Crippen LogP contribution < -0.4 is 0 Å². The first-order valence-corrected chi connectivity index (χ1v) is 5.69. The lowest BCUT2D eigenvalue weighted by Gasteiger charge is -1.93. The third-order valence-electron chi connectivity index (χ3n) is 2.28. The molecule has 0 spiro atoms. The predicted molar refractivity (Wildman–Crippen MR) is 84.1 cm³/mol. The maximum atomic E-state index is 8.52. The second-order valence-electron chi connectivity index (χ2n) is 3.57. The van der Waals surface area contributed by atoms with Gasteiger partial charge in [0, 0.05) is 6.61 Å². The summed E-state index contributed by atoms with van der Waals surface area (Å²) >= 11 is 0. The molecule has 0 saturated heterocycles. The molecule has 0 unspecified atom stereocenters. The van der Waals surface area contributed by atoms with Crippen molar-refractivity contribution in [3.63, 3.8) is 0 Å². The smallest absolute Gasteiger partial charge is 0.0471 e. The molecule has 0 fully saturated rings. The van der Waals surface area contributed by atoms with Crippen LogP contribution in [0.2, 0.25) is 0 Å². The number of rotatable bonds is 3. The van der Waals surface area contributed by atoms with Crippen molar-refractivity contribution in [3.05, 3.63) is 78.4 Å². The summed E-state index contributed by atoms with van der Waals surface area (Å²) < 4.78 is 0. The zero-order valence-corrected chi connectivity index (χ0v) is 10.4. The van der Waals surface area contributed by atoms with Crippen LogP contribution in [0.4, 0.5) is 0 Å². The second kappa shape index (κ2) is 12.6. The van der Waals surface area contributed by atoms with Gasteiger partial charge in [0.2, 0.25) is 0 Å². The Hall–Kier alpha value is -1.90. The van der Waals surface area contributed by atoms with Gasteiger partial charge in [-0.3, -0.25) is 0 Å². The van der Waals surface area contributed by atoms with Crippen molar-refractivity contribution < 1.29 is 10.6 Å². The molecule has 2 rings (SSSR count). The molecule has 2 aromatic carbocycles. The molecule has 2 aromatic rings. The summed E-state index contributed by atoms with van der Waals surface area (Å²) in [5.41, 5.74) is 2.37. The monoisotopic (exact) mass is 260 g/mol. The average molecular weight is 260 g/mol. The summed E-state index contributed by atoms with van der Waals surface area (Å²) in [5.74, 6) is 0. The Balaban J connectivity index is 0. The van der Waals surface area contributed by atoms with Crippen LogP contribution in [0.25, 0.3) is 6.08 Å². The van der Waals surface area contributed by atoms with E-state index in [1.54, 1.807) is 0 Å². The zero-order chi connectivity index (χ0) is 12.3. The van der Waals surface area contributed by atoms with Crippen LogP contribution in [0, 0.1) is 0 Å². The largest absolute Gasteiger partial charge is 0.412 e. The fourth-order valence-electron chi connectivity index (χ4n) is 1.36. The molecular weight excluding hydrogens is 236 g/mol. The van der Waals surface area contributed by atoms with Gasteiger partial charge in [0.05, 0.1) is 0 Å². The summed E-state index contributed by atoms with van der Waals surface area (Å²) in [6.45, 7) is 3.87. The molecule has 0 bridgehead atoms. The summed E-state index contributed by atoms with van der Waals surface area (Å²) in [6.07, 6.45) is 2.60. The van der Waals surface area contributed by atoms with Gasteiger partial charge in [-0.2, -0.15) is 0 Å². The van der Waals surface area contributed by atoms with Crippen molar-refractivity contribution in [1.29, 1.82) is 0 Å². The van der Waals surface area contributed by atoms with Gasteiger partial charge in [-0.05, 0) is 17.5 Å². The molecule has 0 atom stereocenters. The van der Waals surface area contributed by atoms with E-state index in [9.17, 15) is 0 Å². The molecule has 0 aromatic heterocycles. The average Bonchev–Trinajstić information content (AvgIpc) is 2.42. The van der Waals surface area contributed by atoms with E-state index >= 15 is 0 Å². The second-order valence-corrected chi connectivity index (χ2v) is 3.57. The van der Waals surface area contributed by atoms with Crippen molar-refractivity contribution in [3.8, 4) is 0 Å². The van der Waals surface area contributed by atoms with Crippen molar-refractivity contribution in [2.45, 2.75) is 13.8 Å². The van der Waals surface area contributed by atoms with Gasteiger partial charge in [-0.25, -0.2) is 0 Å². The van der Waals surface area contributed by atoms with E-state index in [0.717, 1.165) is 6.42 Å². The number of aliphatic hydroxyl groups is 1. The van der Waals surface area contributed by atoms with Crippen LogP contribution in [-0.2, 0) is 6.42 Å². The Kier molecular flexibility index (Phi) is 12.8. The van der Waals surface area contributed by atoms with Gasteiger partial charge in [-0.15, -0.1) is 0 Å². The lowest BCUT2D eigenvalue weighted by Crippen LogP contribution is -1.88. The van der Waals surface area contributed by atoms with Crippen LogP contribution in [0.1, 0.15) is 18.6 Å². The molecule has 0 radical (unpaired) electrons. The maximum absolute atomic E-state index is 8.52. The molecule has 0 aliphatic carbocycles. The molecule has 2 heteroatoms. The highest BCUT2D eigenvalue weighted by molar-refractivity contribution is 5.45. The molecule has 0 aliphatic heterocycles. The van der Waals surface area contributed by atoms with Crippen LogP contribution in [0.3, 0.4) is 0 Å². The first-order valence-electron chi connectivity index (χ1n) is 5.69. The van der Waals surface area contributed by atoms with Crippen molar-refractivity contribution in [1.82, 2.24) is 0 Å². The fraction of sp³-hybridized carbons (Fsp3) is 0.176. The minimum Gasteiger partial charge on any atom is -0.412 e. The summed E-state index contributed by atoms with van der Waals surface area (Å²) in [5, 5.41) is 8.52. The molecule has 3 N–H and O–H groups in total. The summed E-state index contributed by atoms with van der Waals surface area (Å²) in [4.78, 5) is 0. The van der Waals surface area contributed by atoms with Gasteiger partial charge in [0.1, 0.15) is 0 Å². The molecular formula is C17H24O2. The molecule has 0 aliphatic rings. The molecule has 0 heterocycles. The van der Waals surface area contributed by atoms with E-state index in [4.69, 9.17) is 5.11 Å². The highest BCUT2D eigenvalue weighted by Crippen LogP contribution is 1.98. The molecule has 2 nitrogen and oxygen atoms in total. The minimum absolute atomic E-state index is 0. The third-order valence-corrected chi connectivity index (χ3v) is 2.28.